The van der Waals surface area contributed by atoms with E-state index in [0.29, 0.717) is 12.5 Å². The molecule has 5 aromatic carbocycles. The minimum atomic E-state index is -0.486. The summed E-state index contributed by atoms with van der Waals surface area (Å²) >= 11 is 0. The molecule has 0 radical (unpaired) electrons. The van der Waals surface area contributed by atoms with E-state index in [0.717, 1.165) is 11.3 Å². The number of ether oxygens (including phenoxy) is 1. The summed E-state index contributed by atoms with van der Waals surface area (Å²) < 4.78 is 6.39. The van der Waals surface area contributed by atoms with Gasteiger partial charge < -0.3 is 9.84 Å². The number of hydrogen-bond acceptors (Lipinski definition) is 2. The molecule has 0 fully saturated rings. The van der Waals surface area contributed by atoms with Crippen molar-refractivity contribution in [3.63, 3.8) is 0 Å². The molecule has 0 saturated carbocycles. The van der Waals surface area contributed by atoms with Gasteiger partial charge in [-0.05, 0) is 69.1 Å². The van der Waals surface area contributed by atoms with Crippen LogP contribution in [0, 0.1) is 5.41 Å². The van der Waals surface area contributed by atoms with Crippen LogP contribution in [0.1, 0.15) is 54.5 Å². The van der Waals surface area contributed by atoms with Crippen molar-refractivity contribution in [2.45, 2.75) is 32.1 Å². The molecule has 1 unspecified atom stereocenters. The molecule has 0 aliphatic heterocycles. The molecule has 0 bridgehead atoms. The molecule has 1 N–H and O–H groups in total. The fourth-order valence-corrected chi connectivity index (χ4v) is 6.12. The molecule has 2 nitrogen and oxygen atoms in total. The highest BCUT2D eigenvalue weighted by atomic mass is 16.5. The van der Waals surface area contributed by atoms with Crippen LogP contribution >= 0.6 is 0 Å². The fraction of sp³-hybridized carbons (Fsp3) is 0.189. The van der Waals surface area contributed by atoms with Crippen LogP contribution in [-0.2, 0) is 5.41 Å². The lowest BCUT2D eigenvalue weighted by molar-refractivity contribution is 0.155. The van der Waals surface area contributed by atoms with Crippen LogP contribution < -0.4 is 4.74 Å². The zero-order valence-corrected chi connectivity index (χ0v) is 22.8. The second kappa shape index (κ2) is 9.78. The average Bonchev–Trinajstić information content (AvgIpc) is 3.28. The molecule has 0 spiro atoms. The van der Waals surface area contributed by atoms with E-state index in [1.807, 2.05) is 12.1 Å². The highest BCUT2D eigenvalue weighted by Gasteiger charge is 2.45. The second-order valence-electron chi connectivity index (χ2n) is 11.3. The van der Waals surface area contributed by atoms with E-state index in [9.17, 15) is 5.11 Å². The van der Waals surface area contributed by atoms with E-state index in [2.05, 4.69) is 124 Å². The van der Waals surface area contributed by atoms with E-state index in [4.69, 9.17) is 4.74 Å². The third kappa shape index (κ3) is 4.21. The summed E-state index contributed by atoms with van der Waals surface area (Å²) in [6.07, 6.45) is 0. The standard InChI is InChI=1S/C37H34O2/c1-26(27-11-5-4-6-12-27)36(2,3)25-39-31-23-19-29(20-24-31)37(28-17-21-30(38)22-18-28)34-15-9-7-13-32(34)33-14-8-10-16-35(33)37/h4-24,26,38H,25H2,1-3H3. The van der Waals surface area contributed by atoms with Crippen molar-refractivity contribution in [2.75, 3.05) is 6.61 Å². The van der Waals surface area contributed by atoms with Gasteiger partial charge in [0, 0.05) is 5.41 Å². The number of phenolic OH excluding ortho intramolecular Hbond substituents is 1. The number of benzene rings is 5. The van der Waals surface area contributed by atoms with Gasteiger partial charge in [0.15, 0.2) is 0 Å². The lowest BCUT2D eigenvalue weighted by Crippen LogP contribution is -2.29. The third-order valence-corrected chi connectivity index (χ3v) is 8.62. The molecular formula is C37H34O2. The lowest BCUT2D eigenvalue weighted by Gasteiger charge is -2.34. The molecule has 0 amide bonds. The van der Waals surface area contributed by atoms with Crippen LogP contribution in [0.3, 0.4) is 0 Å². The van der Waals surface area contributed by atoms with Gasteiger partial charge in [0.2, 0.25) is 0 Å². The molecule has 194 valence electrons. The first-order valence-electron chi connectivity index (χ1n) is 13.7. The number of phenols is 1. The summed E-state index contributed by atoms with van der Waals surface area (Å²) in [5.74, 6) is 1.50. The van der Waals surface area contributed by atoms with Crippen LogP contribution in [-0.4, -0.2) is 11.7 Å². The monoisotopic (exact) mass is 510 g/mol. The molecule has 1 aliphatic rings. The molecule has 2 heteroatoms. The Morgan fingerprint density at radius 2 is 1.13 bits per heavy atom. The largest absolute Gasteiger partial charge is 0.508 e. The van der Waals surface area contributed by atoms with Gasteiger partial charge in [-0.2, -0.15) is 0 Å². The van der Waals surface area contributed by atoms with E-state index in [1.54, 1.807) is 12.1 Å². The minimum absolute atomic E-state index is 0.0311. The number of aromatic hydroxyl groups is 1. The molecule has 5 aromatic rings. The second-order valence-corrected chi connectivity index (χ2v) is 11.3. The molecule has 0 saturated heterocycles. The van der Waals surface area contributed by atoms with Crippen molar-refractivity contribution in [2.24, 2.45) is 5.41 Å². The molecule has 0 heterocycles. The zero-order chi connectivity index (χ0) is 27.0. The Morgan fingerprint density at radius 1 is 0.641 bits per heavy atom. The Balaban J connectivity index is 1.38. The molecule has 6 rings (SSSR count). The van der Waals surface area contributed by atoms with Crippen LogP contribution in [0.2, 0.25) is 0 Å². The van der Waals surface area contributed by atoms with Crippen molar-refractivity contribution >= 4 is 0 Å². The fourth-order valence-electron chi connectivity index (χ4n) is 6.12. The maximum absolute atomic E-state index is 10.1. The Hall–Kier alpha value is -4.30. The van der Waals surface area contributed by atoms with Crippen molar-refractivity contribution in [1.29, 1.82) is 0 Å². The molecule has 1 aliphatic carbocycles. The van der Waals surface area contributed by atoms with Gasteiger partial charge in [-0.15, -0.1) is 0 Å². The normalized spacial score (nSPS) is 14.3. The number of hydrogen-bond donors (Lipinski definition) is 1. The topological polar surface area (TPSA) is 29.5 Å². The summed E-state index contributed by atoms with van der Waals surface area (Å²) in [7, 11) is 0. The smallest absolute Gasteiger partial charge is 0.119 e. The Bertz CT molecular complexity index is 1540. The third-order valence-electron chi connectivity index (χ3n) is 8.62. The first-order valence-corrected chi connectivity index (χ1v) is 13.7. The summed E-state index contributed by atoms with van der Waals surface area (Å²) in [5.41, 5.74) is 8.12. The zero-order valence-electron chi connectivity index (χ0n) is 22.8. The maximum atomic E-state index is 10.1. The molecule has 39 heavy (non-hydrogen) atoms. The van der Waals surface area contributed by atoms with Gasteiger partial charge in [-0.1, -0.05) is 124 Å². The maximum Gasteiger partial charge on any atom is 0.119 e. The van der Waals surface area contributed by atoms with Crippen LogP contribution in [0.15, 0.2) is 127 Å². The number of fused-ring (bicyclic) bond motifs is 3. The molecular weight excluding hydrogens is 476 g/mol. The average molecular weight is 511 g/mol. The first-order chi connectivity index (χ1) is 18.9. The van der Waals surface area contributed by atoms with Gasteiger partial charge >= 0.3 is 0 Å². The van der Waals surface area contributed by atoms with E-state index in [-0.39, 0.29) is 11.2 Å². The van der Waals surface area contributed by atoms with E-state index in [1.165, 1.54) is 33.4 Å². The lowest BCUT2D eigenvalue weighted by atomic mass is 9.68. The highest BCUT2D eigenvalue weighted by Crippen LogP contribution is 2.56. The summed E-state index contributed by atoms with van der Waals surface area (Å²) in [4.78, 5) is 0. The van der Waals surface area contributed by atoms with Crippen molar-refractivity contribution in [1.82, 2.24) is 0 Å². The van der Waals surface area contributed by atoms with E-state index < -0.39 is 5.41 Å². The summed E-state index contributed by atoms with van der Waals surface area (Å²) in [6.45, 7) is 7.44. The van der Waals surface area contributed by atoms with Crippen LogP contribution in [0.4, 0.5) is 0 Å². The van der Waals surface area contributed by atoms with Crippen LogP contribution in [0.25, 0.3) is 11.1 Å². The summed E-state index contributed by atoms with van der Waals surface area (Å²) in [5, 5.41) is 10.1. The molecule has 1 atom stereocenters. The SMILES string of the molecule is CC(c1ccccc1)C(C)(C)COc1ccc(C2(c3ccc(O)cc3)c3ccccc3-c3ccccc32)cc1. The Morgan fingerprint density at radius 3 is 1.69 bits per heavy atom. The van der Waals surface area contributed by atoms with Gasteiger partial charge in [0.1, 0.15) is 11.5 Å². The van der Waals surface area contributed by atoms with Crippen molar-refractivity contribution in [3.05, 3.63) is 155 Å². The first kappa shape index (κ1) is 25.0. The quantitative estimate of drug-likeness (QED) is 0.232. The van der Waals surface area contributed by atoms with Gasteiger partial charge in [0.05, 0.1) is 12.0 Å². The highest BCUT2D eigenvalue weighted by molar-refractivity contribution is 5.86. The van der Waals surface area contributed by atoms with Crippen molar-refractivity contribution in [3.8, 4) is 22.6 Å². The van der Waals surface area contributed by atoms with E-state index >= 15 is 0 Å². The predicted octanol–water partition coefficient (Wildman–Crippen LogP) is 8.96. The molecule has 0 aromatic heterocycles. The number of rotatable bonds is 7. The minimum Gasteiger partial charge on any atom is -0.508 e. The van der Waals surface area contributed by atoms with Crippen LogP contribution in [0.5, 0.6) is 11.5 Å². The Labute approximate surface area is 231 Å². The predicted molar refractivity (Wildman–Crippen MR) is 160 cm³/mol. The summed E-state index contributed by atoms with van der Waals surface area (Å²) in [6, 6.07) is 44.3. The van der Waals surface area contributed by atoms with Crippen molar-refractivity contribution < 1.29 is 9.84 Å². The van der Waals surface area contributed by atoms with Gasteiger partial charge in [-0.3, -0.25) is 0 Å². The van der Waals surface area contributed by atoms with Gasteiger partial charge in [-0.25, -0.2) is 0 Å². The Kier molecular flexibility index (Phi) is 6.27. The van der Waals surface area contributed by atoms with Gasteiger partial charge in [0.25, 0.3) is 0 Å².